The molecule has 4 aromatic rings. The molecule has 6 rings (SSSR count). The number of thioether (sulfide) groups is 1. The number of aromatic nitrogens is 3. The van der Waals surface area contributed by atoms with Crippen LogP contribution in [0, 0.1) is 5.82 Å². The highest BCUT2D eigenvalue weighted by atomic mass is 35.5. The zero-order chi connectivity index (χ0) is 31.5. The minimum absolute atomic E-state index is 0.00790. The highest BCUT2D eigenvalue weighted by Crippen LogP contribution is 2.51. The zero-order valence-corrected chi connectivity index (χ0v) is 26.0. The Kier molecular flexibility index (Phi) is 8.00. The number of amides is 1. The molecular formula is C30H26ClF4N5O2S2. The van der Waals surface area contributed by atoms with Crippen LogP contribution >= 0.6 is 34.7 Å². The maximum Gasteiger partial charge on any atom is 0.417 e. The Morgan fingerprint density at radius 1 is 1.18 bits per heavy atom. The van der Waals surface area contributed by atoms with E-state index in [0.29, 0.717) is 21.0 Å². The van der Waals surface area contributed by atoms with E-state index in [1.807, 2.05) is 13.8 Å². The van der Waals surface area contributed by atoms with Crippen molar-refractivity contribution in [2.24, 2.45) is 0 Å². The number of alkyl halides is 3. The number of anilines is 1. The topological polar surface area (TPSA) is 71.3 Å². The average molecular weight is 664 g/mol. The normalized spacial score (nSPS) is 20.6. The van der Waals surface area contributed by atoms with Gasteiger partial charge in [0, 0.05) is 75.7 Å². The summed E-state index contributed by atoms with van der Waals surface area (Å²) < 4.78 is 61.0. The molecule has 1 fully saturated rings. The summed E-state index contributed by atoms with van der Waals surface area (Å²) in [5.41, 5.74) is -0.993. The lowest BCUT2D eigenvalue weighted by Gasteiger charge is -2.44. The second-order valence-corrected chi connectivity index (χ2v) is 13.3. The van der Waals surface area contributed by atoms with Crippen molar-refractivity contribution in [1.29, 1.82) is 0 Å². The van der Waals surface area contributed by atoms with Gasteiger partial charge in [0.25, 0.3) is 0 Å². The minimum atomic E-state index is -4.76. The van der Waals surface area contributed by atoms with Gasteiger partial charge in [-0.25, -0.2) is 9.18 Å². The fourth-order valence-electron chi connectivity index (χ4n) is 6.25. The molecule has 3 atom stereocenters. The molecule has 0 radical (unpaired) electrons. The van der Waals surface area contributed by atoms with E-state index >= 15 is 0 Å². The molecule has 0 bridgehead atoms. The van der Waals surface area contributed by atoms with Crippen LogP contribution in [0.5, 0.6) is 0 Å². The van der Waals surface area contributed by atoms with Crippen LogP contribution < -0.4 is 10.6 Å². The summed E-state index contributed by atoms with van der Waals surface area (Å²) in [4.78, 5) is 38.5. The monoisotopic (exact) mass is 663 g/mol. The van der Waals surface area contributed by atoms with E-state index < -0.39 is 29.2 Å². The predicted octanol–water partition coefficient (Wildman–Crippen LogP) is 6.83. The molecule has 230 valence electrons. The molecule has 1 amide bonds. The van der Waals surface area contributed by atoms with Crippen molar-refractivity contribution >= 4 is 57.3 Å². The van der Waals surface area contributed by atoms with E-state index in [-0.39, 0.29) is 65.0 Å². The van der Waals surface area contributed by atoms with Crippen LogP contribution in [0.15, 0.2) is 58.3 Å². The van der Waals surface area contributed by atoms with Crippen molar-refractivity contribution in [1.82, 2.24) is 19.4 Å². The van der Waals surface area contributed by atoms with Crippen LogP contribution in [0.1, 0.15) is 30.9 Å². The molecule has 0 spiro atoms. The third-order valence-corrected chi connectivity index (χ3v) is 10.6. The summed E-state index contributed by atoms with van der Waals surface area (Å²) in [5, 5.41) is 2.01. The quantitative estimate of drug-likeness (QED) is 0.176. The number of thiophene rings is 1. The van der Waals surface area contributed by atoms with Crippen LogP contribution in [0.3, 0.4) is 0 Å². The number of hydrogen-bond donors (Lipinski definition) is 0. The van der Waals surface area contributed by atoms with Crippen molar-refractivity contribution in [3.05, 3.63) is 81.1 Å². The summed E-state index contributed by atoms with van der Waals surface area (Å²) in [6.45, 7) is 7.73. The number of carbonyl (C=O) groups is 1. The van der Waals surface area contributed by atoms with Gasteiger partial charge in [0.15, 0.2) is 0 Å². The average Bonchev–Trinajstić information content (AvgIpc) is 3.29. The number of piperazine rings is 1. The molecule has 2 aliphatic heterocycles. The van der Waals surface area contributed by atoms with Gasteiger partial charge < -0.3 is 9.80 Å². The molecule has 0 saturated carbocycles. The van der Waals surface area contributed by atoms with Gasteiger partial charge in [0.05, 0.1) is 22.3 Å². The second kappa shape index (κ2) is 11.5. The summed E-state index contributed by atoms with van der Waals surface area (Å²) in [5.74, 6) is -1.05. The fraction of sp³-hybridized carbons (Fsp3) is 0.333. The number of benzene rings is 1. The molecule has 2 aliphatic rings. The zero-order valence-electron chi connectivity index (χ0n) is 23.6. The van der Waals surface area contributed by atoms with Crippen molar-refractivity contribution in [2.75, 3.05) is 23.7 Å². The molecule has 0 aliphatic carbocycles. The minimum Gasteiger partial charge on any atom is -0.352 e. The number of rotatable bonds is 4. The summed E-state index contributed by atoms with van der Waals surface area (Å²) >= 11 is 8.41. The van der Waals surface area contributed by atoms with Crippen LogP contribution in [0.25, 0.3) is 21.3 Å². The first kappa shape index (κ1) is 30.6. The first-order chi connectivity index (χ1) is 20.9. The number of halogens is 5. The lowest BCUT2D eigenvalue weighted by Crippen LogP contribution is -2.58. The van der Waals surface area contributed by atoms with E-state index in [0.717, 1.165) is 35.4 Å². The summed E-state index contributed by atoms with van der Waals surface area (Å²) in [6, 6.07) is 3.40. The lowest BCUT2D eigenvalue weighted by atomic mass is 9.99. The number of carbonyl (C=O) groups excluding carboxylic acids is 1. The Balaban J connectivity index is 1.63. The maximum atomic E-state index is 14.9. The van der Waals surface area contributed by atoms with E-state index in [1.165, 1.54) is 29.0 Å². The second-order valence-electron chi connectivity index (χ2n) is 10.9. The van der Waals surface area contributed by atoms with Crippen LogP contribution in [-0.2, 0) is 17.5 Å². The number of nitrogens with zero attached hydrogens (tertiary/aromatic N) is 5. The Morgan fingerprint density at radius 2 is 1.91 bits per heavy atom. The predicted molar refractivity (Wildman–Crippen MR) is 165 cm³/mol. The molecule has 0 N–H and O–H groups in total. The van der Waals surface area contributed by atoms with Gasteiger partial charge in [-0.05, 0) is 43.7 Å². The fourth-order valence-corrected chi connectivity index (χ4v) is 8.83. The molecule has 1 aromatic carbocycles. The number of pyridine rings is 1. The molecule has 44 heavy (non-hydrogen) atoms. The van der Waals surface area contributed by atoms with E-state index in [2.05, 4.69) is 16.5 Å². The van der Waals surface area contributed by atoms with E-state index in [1.54, 1.807) is 15.2 Å². The molecular weight excluding hydrogens is 638 g/mol. The largest absolute Gasteiger partial charge is 0.417 e. The van der Waals surface area contributed by atoms with Crippen LogP contribution in [-0.4, -0.2) is 56.3 Å². The van der Waals surface area contributed by atoms with E-state index in [4.69, 9.17) is 11.6 Å². The Morgan fingerprint density at radius 3 is 2.52 bits per heavy atom. The van der Waals surface area contributed by atoms with Gasteiger partial charge in [0.1, 0.15) is 11.6 Å². The standard InChI is InChI=1S/C30H26ClF4N5O2S2/c1-4-24(41)40-15(2)10-38(11-16(40)3)28-20-8-21(30(33,34)35)25(23-7-18(31)14-43-23)27-26(20)39(29(42)37-28)12-17(13-44-27)19-5-6-36-9-22(19)32/h4-9,14-17H,1,10-13H2,2-3H3/t15-,16+,17-/m1/s1. The third-order valence-electron chi connectivity index (χ3n) is 8.04. The van der Waals surface area contributed by atoms with Gasteiger partial charge in [-0.3, -0.25) is 14.3 Å². The van der Waals surface area contributed by atoms with E-state index in [9.17, 15) is 27.2 Å². The first-order valence-electron chi connectivity index (χ1n) is 13.7. The number of hydrogen-bond acceptors (Lipinski definition) is 7. The van der Waals surface area contributed by atoms with Crippen molar-refractivity contribution in [3.8, 4) is 10.4 Å². The molecule has 5 heterocycles. The highest BCUT2D eigenvalue weighted by Gasteiger charge is 2.40. The van der Waals surface area contributed by atoms with Crippen molar-refractivity contribution in [2.45, 2.75) is 49.5 Å². The van der Waals surface area contributed by atoms with Gasteiger partial charge in [-0.15, -0.1) is 23.1 Å². The highest BCUT2D eigenvalue weighted by molar-refractivity contribution is 7.99. The summed E-state index contributed by atoms with van der Waals surface area (Å²) in [7, 11) is 0. The Hall–Kier alpha value is -3.42. The van der Waals surface area contributed by atoms with Gasteiger partial charge in [-0.1, -0.05) is 18.2 Å². The van der Waals surface area contributed by atoms with Gasteiger partial charge in [-0.2, -0.15) is 18.2 Å². The first-order valence-corrected chi connectivity index (χ1v) is 16.0. The van der Waals surface area contributed by atoms with Crippen molar-refractivity contribution in [3.63, 3.8) is 0 Å². The molecule has 3 aromatic heterocycles. The Bertz CT molecular complexity index is 1850. The smallest absolute Gasteiger partial charge is 0.352 e. The Labute approximate surface area is 263 Å². The SMILES string of the molecule is C=CC(=O)N1[C@H](C)CN(c2nc(=O)n3c4c(c(-c5cc(Cl)cs5)c(C(F)(F)F)cc24)SC[C@H](c2ccncc2F)C3)C[C@@H]1C. The van der Waals surface area contributed by atoms with Gasteiger partial charge in [0.2, 0.25) is 5.91 Å². The lowest BCUT2D eigenvalue weighted by molar-refractivity contribution is -0.137. The van der Waals surface area contributed by atoms with Crippen molar-refractivity contribution < 1.29 is 22.4 Å². The summed E-state index contributed by atoms with van der Waals surface area (Å²) in [6.07, 6.45) is -1.00. The molecule has 7 nitrogen and oxygen atoms in total. The van der Waals surface area contributed by atoms with Crippen LogP contribution in [0.4, 0.5) is 23.4 Å². The van der Waals surface area contributed by atoms with Crippen LogP contribution in [0.2, 0.25) is 5.02 Å². The van der Waals surface area contributed by atoms with Gasteiger partial charge >= 0.3 is 11.9 Å². The molecule has 0 unspecified atom stereocenters. The molecule has 1 saturated heterocycles. The maximum absolute atomic E-state index is 14.9. The molecule has 14 heteroatoms. The third kappa shape index (κ3) is 5.28.